The predicted molar refractivity (Wildman–Crippen MR) is 100.0 cm³/mol. The number of carbonyl (C=O) groups excluding carboxylic acids is 3. The lowest BCUT2D eigenvalue weighted by Gasteiger charge is -2.21. The molecule has 0 heterocycles. The van der Waals surface area contributed by atoms with Crippen molar-refractivity contribution < 1.29 is 28.6 Å². The molecule has 0 aromatic heterocycles. The van der Waals surface area contributed by atoms with Gasteiger partial charge in [-0.25, -0.2) is 9.59 Å². The fourth-order valence-corrected chi connectivity index (χ4v) is 1.99. The Balaban J connectivity index is 2.94. The molecule has 0 saturated heterocycles. The number of ether oxygens (including phenoxy) is 3. The Hall–Kier alpha value is -3.03. The summed E-state index contributed by atoms with van der Waals surface area (Å²) in [6.07, 6.45) is 0.696. The van der Waals surface area contributed by atoms with E-state index in [0.717, 1.165) is 0 Å². The standard InChI is InChI=1S/C19H26N2O6/c1-12(20-18(24)27-19(2,3)4)16(22)21-14(17(23)26-6)11-13-9-7-8-10-15(13)25-5/h7-12H,1-6H3,(H,20,24)(H,21,22)/b14-11+/t12-/m0/s1. The van der Waals surface area contributed by atoms with Crippen LogP contribution in [0.5, 0.6) is 5.75 Å². The van der Waals surface area contributed by atoms with Gasteiger partial charge in [-0.05, 0) is 39.8 Å². The van der Waals surface area contributed by atoms with E-state index in [4.69, 9.17) is 14.2 Å². The number of carbonyl (C=O) groups is 3. The molecule has 0 spiro atoms. The minimum atomic E-state index is -0.939. The van der Waals surface area contributed by atoms with Gasteiger partial charge in [0, 0.05) is 5.56 Å². The molecule has 0 saturated carbocycles. The highest BCUT2D eigenvalue weighted by Crippen LogP contribution is 2.20. The number of benzene rings is 1. The number of methoxy groups -OCH3 is 2. The molecule has 0 bridgehead atoms. The van der Waals surface area contributed by atoms with Crippen LogP contribution in [0.25, 0.3) is 6.08 Å². The smallest absolute Gasteiger partial charge is 0.408 e. The molecule has 1 aromatic rings. The maximum absolute atomic E-state index is 12.4. The number of rotatable bonds is 6. The topological polar surface area (TPSA) is 103 Å². The van der Waals surface area contributed by atoms with Crippen molar-refractivity contribution in [3.8, 4) is 5.75 Å². The highest BCUT2D eigenvalue weighted by Gasteiger charge is 2.23. The van der Waals surface area contributed by atoms with Crippen LogP contribution in [0.2, 0.25) is 0 Å². The van der Waals surface area contributed by atoms with Crippen molar-refractivity contribution in [2.45, 2.75) is 39.3 Å². The van der Waals surface area contributed by atoms with Gasteiger partial charge in [-0.15, -0.1) is 0 Å². The van der Waals surface area contributed by atoms with E-state index < -0.39 is 29.6 Å². The molecule has 0 aliphatic carbocycles. The lowest BCUT2D eigenvalue weighted by atomic mass is 10.1. The van der Waals surface area contributed by atoms with Gasteiger partial charge in [-0.2, -0.15) is 0 Å². The zero-order valence-electron chi connectivity index (χ0n) is 16.4. The summed E-state index contributed by atoms with van der Waals surface area (Å²) in [5.41, 5.74) is -0.209. The van der Waals surface area contributed by atoms with Gasteiger partial charge in [0.25, 0.3) is 0 Å². The molecule has 1 aromatic carbocycles. The van der Waals surface area contributed by atoms with Crippen molar-refractivity contribution in [2.24, 2.45) is 0 Å². The normalized spacial score (nSPS) is 12.6. The van der Waals surface area contributed by atoms with Gasteiger partial charge in [0.15, 0.2) is 0 Å². The molecule has 27 heavy (non-hydrogen) atoms. The summed E-state index contributed by atoms with van der Waals surface area (Å²) in [5.74, 6) is -0.820. The Morgan fingerprint density at radius 2 is 1.74 bits per heavy atom. The monoisotopic (exact) mass is 378 g/mol. The zero-order valence-corrected chi connectivity index (χ0v) is 16.4. The molecule has 2 amide bonds. The fourth-order valence-electron chi connectivity index (χ4n) is 1.99. The van der Waals surface area contributed by atoms with Crippen LogP contribution in [-0.2, 0) is 19.1 Å². The van der Waals surface area contributed by atoms with E-state index in [9.17, 15) is 14.4 Å². The van der Waals surface area contributed by atoms with Crippen LogP contribution in [-0.4, -0.2) is 43.8 Å². The lowest BCUT2D eigenvalue weighted by molar-refractivity contribution is -0.137. The largest absolute Gasteiger partial charge is 0.496 e. The Morgan fingerprint density at radius 1 is 1.11 bits per heavy atom. The SMILES string of the molecule is COC(=O)/C(=C\c1ccccc1OC)NC(=O)[C@H](C)NC(=O)OC(C)(C)C. The van der Waals surface area contributed by atoms with Gasteiger partial charge in [-0.3, -0.25) is 4.79 Å². The fraction of sp³-hybridized carbons (Fsp3) is 0.421. The average molecular weight is 378 g/mol. The van der Waals surface area contributed by atoms with Gasteiger partial charge in [0.1, 0.15) is 23.1 Å². The molecule has 0 aliphatic heterocycles. The Kier molecular flexibility index (Phi) is 7.83. The summed E-state index contributed by atoms with van der Waals surface area (Å²) >= 11 is 0. The van der Waals surface area contributed by atoms with Crippen molar-refractivity contribution in [3.05, 3.63) is 35.5 Å². The minimum absolute atomic E-state index is 0.0927. The zero-order chi connectivity index (χ0) is 20.6. The summed E-state index contributed by atoms with van der Waals surface area (Å²) in [5, 5.41) is 4.86. The number of para-hydroxylation sites is 1. The van der Waals surface area contributed by atoms with Crippen molar-refractivity contribution in [1.29, 1.82) is 0 Å². The Morgan fingerprint density at radius 3 is 2.30 bits per heavy atom. The van der Waals surface area contributed by atoms with Crippen molar-refractivity contribution in [2.75, 3.05) is 14.2 Å². The van der Waals surface area contributed by atoms with E-state index in [1.54, 1.807) is 45.0 Å². The van der Waals surface area contributed by atoms with E-state index in [0.29, 0.717) is 11.3 Å². The van der Waals surface area contributed by atoms with E-state index >= 15 is 0 Å². The molecule has 8 nitrogen and oxygen atoms in total. The maximum atomic E-state index is 12.4. The third-order valence-electron chi connectivity index (χ3n) is 3.23. The molecule has 1 rings (SSSR count). The third-order valence-corrected chi connectivity index (χ3v) is 3.23. The highest BCUT2D eigenvalue weighted by molar-refractivity contribution is 5.99. The van der Waals surface area contributed by atoms with Gasteiger partial charge in [0.05, 0.1) is 14.2 Å². The summed E-state index contributed by atoms with van der Waals surface area (Å²) in [7, 11) is 2.70. The van der Waals surface area contributed by atoms with Gasteiger partial charge < -0.3 is 24.8 Å². The van der Waals surface area contributed by atoms with Crippen molar-refractivity contribution in [3.63, 3.8) is 0 Å². The van der Waals surface area contributed by atoms with Crippen molar-refractivity contribution >= 4 is 24.0 Å². The van der Waals surface area contributed by atoms with Gasteiger partial charge in [-0.1, -0.05) is 18.2 Å². The molecule has 0 radical (unpaired) electrons. The van der Waals surface area contributed by atoms with E-state index in [1.165, 1.54) is 27.2 Å². The molecule has 148 valence electrons. The first-order chi connectivity index (χ1) is 12.6. The predicted octanol–water partition coefficient (Wildman–Crippen LogP) is 2.24. The summed E-state index contributed by atoms with van der Waals surface area (Å²) < 4.78 is 15.0. The van der Waals surface area contributed by atoms with Crippen LogP contribution in [0.4, 0.5) is 4.79 Å². The average Bonchev–Trinajstić information content (AvgIpc) is 2.58. The molecule has 8 heteroatoms. The molecular weight excluding hydrogens is 352 g/mol. The maximum Gasteiger partial charge on any atom is 0.408 e. The quantitative estimate of drug-likeness (QED) is 0.581. The number of hydrogen-bond acceptors (Lipinski definition) is 6. The first-order valence-corrected chi connectivity index (χ1v) is 8.30. The van der Waals surface area contributed by atoms with Gasteiger partial charge >= 0.3 is 12.1 Å². The summed E-state index contributed by atoms with van der Waals surface area (Å²) in [4.78, 5) is 36.2. The van der Waals surface area contributed by atoms with Crippen molar-refractivity contribution in [1.82, 2.24) is 10.6 Å². The number of nitrogens with one attached hydrogen (secondary N) is 2. The number of alkyl carbamates (subject to hydrolysis) is 1. The summed E-state index contributed by atoms with van der Waals surface area (Å²) in [6, 6.07) is 6.04. The second-order valence-electron chi connectivity index (χ2n) is 6.65. The first kappa shape index (κ1) is 22.0. The molecule has 0 aliphatic rings. The highest BCUT2D eigenvalue weighted by atomic mass is 16.6. The van der Waals surface area contributed by atoms with Crippen LogP contribution < -0.4 is 15.4 Å². The second-order valence-corrected chi connectivity index (χ2v) is 6.65. The number of amides is 2. The molecule has 2 N–H and O–H groups in total. The summed E-state index contributed by atoms with van der Waals surface area (Å²) in [6.45, 7) is 6.60. The van der Waals surface area contributed by atoms with Crippen LogP contribution in [0, 0.1) is 0 Å². The van der Waals surface area contributed by atoms with Crippen LogP contribution in [0.15, 0.2) is 30.0 Å². The number of esters is 1. The molecular formula is C19H26N2O6. The molecule has 0 unspecified atom stereocenters. The molecule has 1 atom stereocenters. The van der Waals surface area contributed by atoms with Crippen LogP contribution in [0.3, 0.4) is 0 Å². The van der Waals surface area contributed by atoms with Crippen LogP contribution in [0.1, 0.15) is 33.3 Å². The first-order valence-electron chi connectivity index (χ1n) is 8.30. The van der Waals surface area contributed by atoms with Gasteiger partial charge in [0.2, 0.25) is 5.91 Å². The lowest BCUT2D eigenvalue weighted by Crippen LogP contribution is -2.46. The Bertz CT molecular complexity index is 721. The Labute approximate surface area is 158 Å². The van der Waals surface area contributed by atoms with E-state index in [-0.39, 0.29) is 5.70 Å². The van der Waals surface area contributed by atoms with E-state index in [1.807, 2.05) is 0 Å². The third kappa shape index (κ3) is 7.39. The molecule has 0 fully saturated rings. The van der Waals surface area contributed by atoms with E-state index in [2.05, 4.69) is 10.6 Å². The van der Waals surface area contributed by atoms with Crippen LogP contribution >= 0.6 is 0 Å². The number of hydrogen-bond donors (Lipinski definition) is 2. The minimum Gasteiger partial charge on any atom is -0.496 e. The second kappa shape index (κ2) is 9.61.